The second-order valence-electron chi connectivity index (χ2n) is 8.24. The molecule has 2 atom stereocenters. The summed E-state index contributed by atoms with van der Waals surface area (Å²) in [6.07, 6.45) is 7.03. The molecule has 1 N–H and O–H groups in total. The minimum absolute atomic E-state index is 0.0345. The summed E-state index contributed by atoms with van der Waals surface area (Å²) >= 11 is 0. The second-order valence-corrected chi connectivity index (χ2v) is 8.24. The average Bonchev–Trinajstić information content (AvgIpc) is 2.59. The molecule has 1 aromatic carbocycles. The Balaban J connectivity index is 2.70. The van der Waals surface area contributed by atoms with Gasteiger partial charge in [0.05, 0.1) is 7.11 Å². The smallest absolute Gasteiger partial charge is 0.225 e. The third kappa shape index (κ3) is 7.28. The van der Waals surface area contributed by atoms with Gasteiger partial charge in [0.15, 0.2) is 11.5 Å². The molecular weight excluding hydrogens is 338 g/mol. The largest absolute Gasteiger partial charge is 0.504 e. The zero-order chi connectivity index (χ0) is 20.6. The van der Waals surface area contributed by atoms with Crippen LogP contribution in [0, 0.1) is 23.7 Å². The predicted molar refractivity (Wildman–Crippen MR) is 112 cm³/mol. The summed E-state index contributed by atoms with van der Waals surface area (Å²) in [5.41, 5.74) is 1.11. The van der Waals surface area contributed by atoms with E-state index in [1.54, 1.807) is 18.1 Å². The van der Waals surface area contributed by atoms with Crippen LogP contribution in [-0.2, 0) is 11.2 Å². The molecule has 1 amide bonds. The summed E-state index contributed by atoms with van der Waals surface area (Å²) in [6, 6.07) is 5.63. The SMILES string of the molecule is COc1ccc(CC(C/C=C/C[C@H](C(=O)N(C)C)C(C)C)C(C)C)cc1O. The van der Waals surface area contributed by atoms with E-state index >= 15 is 0 Å². The van der Waals surface area contributed by atoms with Crippen LogP contribution in [0.25, 0.3) is 0 Å². The van der Waals surface area contributed by atoms with Gasteiger partial charge < -0.3 is 14.7 Å². The van der Waals surface area contributed by atoms with Gasteiger partial charge in [-0.15, -0.1) is 0 Å². The summed E-state index contributed by atoms with van der Waals surface area (Å²) in [5, 5.41) is 9.99. The van der Waals surface area contributed by atoms with Crippen molar-refractivity contribution in [2.75, 3.05) is 21.2 Å². The third-order valence-electron chi connectivity index (χ3n) is 5.24. The topological polar surface area (TPSA) is 49.8 Å². The Morgan fingerprint density at radius 2 is 1.74 bits per heavy atom. The van der Waals surface area contributed by atoms with Crippen molar-refractivity contribution in [2.24, 2.45) is 23.7 Å². The molecule has 4 heteroatoms. The van der Waals surface area contributed by atoms with Crippen molar-refractivity contribution in [3.8, 4) is 11.5 Å². The van der Waals surface area contributed by atoms with Crippen LogP contribution in [0.3, 0.4) is 0 Å². The predicted octanol–water partition coefficient (Wildman–Crippen LogP) is 4.91. The van der Waals surface area contributed by atoms with Crippen LogP contribution >= 0.6 is 0 Å². The Kier molecular flexibility index (Phi) is 9.40. The van der Waals surface area contributed by atoms with Crippen molar-refractivity contribution in [2.45, 2.75) is 47.0 Å². The van der Waals surface area contributed by atoms with Gasteiger partial charge in [-0.05, 0) is 54.7 Å². The fourth-order valence-electron chi connectivity index (χ4n) is 3.26. The Labute approximate surface area is 165 Å². The van der Waals surface area contributed by atoms with Crippen molar-refractivity contribution in [1.82, 2.24) is 4.90 Å². The van der Waals surface area contributed by atoms with Crippen LogP contribution in [0.15, 0.2) is 30.4 Å². The van der Waals surface area contributed by atoms with Crippen molar-refractivity contribution in [1.29, 1.82) is 0 Å². The number of hydrogen-bond donors (Lipinski definition) is 1. The maximum Gasteiger partial charge on any atom is 0.225 e. The number of aromatic hydroxyl groups is 1. The first-order valence-corrected chi connectivity index (χ1v) is 9.89. The van der Waals surface area contributed by atoms with Gasteiger partial charge in [0.2, 0.25) is 5.91 Å². The maximum atomic E-state index is 12.3. The summed E-state index contributed by atoms with van der Waals surface area (Å²) in [5.74, 6) is 2.27. The van der Waals surface area contributed by atoms with E-state index in [-0.39, 0.29) is 17.6 Å². The van der Waals surface area contributed by atoms with Crippen molar-refractivity contribution in [3.63, 3.8) is 0 Å². The van der Waals surface area contributed by atoms with E-state index in [2.05, 4.69) is 39.8 Å². The molecule has 0 aliphatic heterocycles. The minimum atomic E-state index is 0.0345. The molecule has 152 valence electrons. The molecule has 1 rings (SSSR count). The summed E-state index contributed by atoms with van der Waals surface area (Å²) in [7, 11) is 5.20. The van der Waals surface area contributed by atoms with Gasteiger partial charge in [-0.25, -0.2) is 0 Å². The molecule has 0 bridgehead atoms. The fourth-order valence-corrected chi connectivity index (χ4v) is 3.26. The van der Waals surface area contributed by atoms with Crippen LogP contribution < -0.4 is 4.74 Å². The summed E-state index contributed by atoms with van der Waals surface area (Å²) in [4.78, 5) is 14.0. The third-order valence-corrected chi connectivity index (χ3v) is 5.24. The maximum absolute atomic E-state index is 12.3. The van der Waals surface area contributed by atoms with Crippen molar-refractivity contribution in [3.05, 3.63) is 35.9 Å². The Morgan fingerprint density at radius 1 is 1.11 bits per heavy atom. The molecule has 0 aliphatic carbocycles. The molecule has 0 radical (unpaired) electrons. The number of carbonyl (C=O) groups is 1. The number of nitrogens with zero attached hydrogens (tertiary/aromatic N) is 1. The van der Waals surface area contributed by atoms with Gasteiger partial charge >= 0.3 is 0 Å². The van der Waals surface area contributed by atoms with Crippen LogP contribution in [-0.4, -0.2) is 37.1 Å². The number of methoxy groups -OCH3 is 1. The number of hydrogen-bond acceptors (Lipinski definition) is 3. The standard InChI is InChI=1S/C23H37NO3/c1-16(2)19(14-18-12-13-22(27-7)21(25)15-18)10-8-9-11-20(17(3)4)23(26)24(5)6/h8-9,12-13,15-17,19-20,25H,10-11,14H2,1-7H3/b9-8+/t19?,20-/m0/s1. The van der Waals surface area contributed by atoms with Gasteiger partial charge in [0.25, 0.3) is 0 Å². The number of rotatable bonds is 10. The van der Waals surface area contributed by atoms with Gasteiger partial charge in [-0.3, -0.25) is 4.79 Å². The van der Waals surface area contributed by atoms with E-state index < -0.39 is 0 Å². The quantitative estimate of drug-likeness (QED) is 0.591. The van der Waals surface area contributed by atoms with E-state index in [4.69, 9.17) is 4.74 Å². The van der Waals surface area contributed by atoms with E-state index in [0.29, 0.717) is 23.5 Å². The van der Waals surface area contributed by atoms with E-state index in [1.807, 2.05) is 26.2 Å². The Hall–Kier alpha value is -1.97. The van der Waals surface area contributed by atoms with Gasteiger partial charge in [0.1, 0.15) is 0 Å². The van der Waals surface area contributed by atoms with E-state index in [0.717, 1.165) is 24.8 Å². The number of amides is 1. The lowest BCUT2D eigenvalue weighted by atomic mass is 9.85. The molecular formula is C23H37NO3. The molecule has 0 fully saturated rings. The van der Waals surface area contributed by atoms with Crippen LogP contribution in [0.1, 0.15) is 46.1 Å². The second kappa shape index (κ2) is 11.0. The molecule has 1 aromatic rings. The lowest BCUT2D eigenvalue weighted by Crippen LogP contribution is -2.32. The van der Waals surface area contributed by atoms with Gasteiger partial charge in [-0.1, -0.05) is 45.9 Å². The van der Waals surface area contributed by atoms with Crippen LogP contribution in [0.2, 0.25) is 0 Å². The van der Waals surface area contributed by atoms with Crippen LogP contribution in [0.5, 0.6) is 11.5 Å². The normalized spacial score (nSPS) is 14.0. The highest BCUT2D eigenvalue weighted by Crippen LogP contribution is 2.29. The van der Waals surface area contributed by atoms with Crippen molar-refractivity contribution >= 4 is 5.91 Å². The Bertz CT molecular complexity index is 620. The molecule has 27 heavy (non-hydrogen) atoms. The summed E-state index contributed by atoms with van der Waals surface area (Å²) in [6.45, 7) is 8.67. The zero-order valence-corrected chi connectivity index (χ0v) is 18.0. The molecule has 0 saturated carbocycles. The first kappa shape index (κ1) is 23.1. The highest BCUT2D eigenvalue weighted by molar-refractivity contribution is 5.78. The van der Waals surface area contributed by atoms with Gasteiger partial charge in [0, 0.05) is 20.0 Å². The van der Waals surface area contributed by atoms with E-state index in [1.165, 1.54) is 0 Å². The average molecular weight is 376 g/mol. The minimum Gasteiger partial charge on any atom is -0.504 e. The van der Waals surface area contributed by atoms with Crippen molar-refractivity contribution < 1.29 is 14.6 Å². The number of ether oxygens (including phenoxy) is 1. The molecule has 0 aromatic heterocycles. The van der Waals surface area contributed by atoms with E-state index in [9.17, 15) is 9.90 Å². The number of benzene rings is 1. The fraction of sp³-hybridized carbons (Fsp3) is 0.609. The van der Waals surface area contributed by atoms with Gasteiger partial charge in [-0.2, -0.15) is 0 Å². The number of phenols is 1. The number of allylic oxidation sites excluding steroid dienone is 2. The summed E-state index contributed by atoms with van der Waals surface area (Å²) < 4.78 is 5.12. The number of phenolic OH excluding ortho intramolecular Hbond substituents is 1. The molecule has 4 nitrogen and oxygen atoms in total. The molecule has 1 unspecified atom stereocenters. The molecule has 0 aliphatic rings. The van der Waals surface area contributed by atoms with Crippen LogP contribution in [0.4, 0.5) is 0 Å². The highest BCUT2D eigenvalue weighted by atomic mass is 16.5. The lowest BCUT2D eigenvalue weighted by Gasteiger charge is -2.23. The molecule has 0 spiro atoms. The Morgan fingerprint density at radius 3 is 2.22 bits per heavy atom. The first-order chi connectivity index (χ1) is 12.7. The number of carbonyl (C=O) groups excluding carboxylic acids is 1. The molecule has 0 saturated heterocycles. The lowest BCUT2D eigenvalue weighted by molar-refractivity contribution is -0.134. The highest BCUT2D eigenvalue weighted by Gasteiger charge is 2.22. The monoisotopic (exact) mass is 375 g/mol. The first-order valence-electron chi connectivity index (χ1n) is 9.89. The molecule has 0 heterocycles. The zero-order valence-electron chi connectivity index (χ0n) is 18.0.